The number of anilines is 1. The van der Waals surface area contributed by atoms with Crippen LogP contribution in [0.3, 0.4) is 0 Å². The minimum atomic E-state index is -0.0594. The van der Waals surface area contributed by atoms with Gasteiger partial charge in [-0.15, -0.1) is 0 Å². The molecule has 1 aliphatic rings. The highest BCUT2D eigenvalue weighted by Gasteiger charge is 2.19. The number of aromatic nitrogens is 2. The van der Waals surface area contributed by atoms with E-state index in [9.17, 15) is 4.79 Å². The summed E-state index contributed by atoms with van der Waals surface area (Å²) in [4.78, 5) is 11.8. The van der Waals surface area contributed by atoms with Crippen molar-refractivity contribution in [3.05, 3.63) is 12.3 Å². The van der Waals surface area contributed by atoms with E-state index in [1.54, 1.807) is 12.3 Å². The third-order valence-electron chi connectivity index (χ3n) is 2.64. The number of hydrogen-bond donors (Lipinski definition) is 3. The summed E-state index contributed by atoms with van der Waals surface area (Å²) in [5.74, 6) is 0.687. The Morgan fingerprint density at radius 1 is 1.47 bits per heavy atom. The van der Waals surface area contributed by atoms with Crippen molar-refractivity contribution in [3.8, 4) is 0 Å². The van der Waals surface area contributed by atoms with E-state index >= 15 is 0 Å². The predicted molar refractivity (Wildman–Crippen MR) is 57.5 cm³/mol. The van der Waals surface area contributed by atoms with Gasteiger partial charge in [-0.25, -0.2) is 0 Å². The van der Waals surface area contributed by atoms with Gasteiger partial charge in [0.25, 0.3) is 0 Å². The fraction of sp³-hybridized carbons (Fsp3) is 0.600. The van der Waals surface area contributed by atoms with E-state index in [1.807, 2.05) is 0 Å². The third-order valence-corrected chi connectivity index (χ3v) is 2.64. The number of aromatic amines is 1. The molecule has 1 aliphatic heterocycles. The van der Waals surface area contributed by atoms with Gasteiger partial charge in [0.05, 0.1) is 12.2 Å². The van der Waals surface area contributed by atoms with Crippen molar-refractivity contribution >= 4 is 11.7 Å². The Bertz CT molecular complexity index is 301. The molecule has 0 aliphatic carbocycles. The van der Waals surface area contributed by atoms with Gasteiger partial charge in [-0.1, -0.05) is 12.8 Å². The minimum Gasteiger partial charge on any atom is -0.310 e. The summed E-state index contributed by atoms with van der Waals surface area (Å²) in [6.07, 6.45) is 6.03. The quantitative estimate of drug-likeness (QED) is 0.675. The van der Waals surface area contributed by atoms with Crippen LogP contribution in [-0.4, -0.2) is 28.7 Å². The molecule has 5 heteroatoms. The molecule has 82 valence electrons. The van der Waals surface area contributed by atoms with Crippen LogP contribution in [0, 0.1) is 0 Å². The first-order chi connectivity index (χ1) is 7.36. The first-order valence-corrected chi connectivity index (χ1v) is 5.40. The fourth-order valence-corrected chi connectivity index (χ4v) is 1.80. The first kappa shape index (κ1) is 10.2. The van der Waals surface area contributed by atoms with Crippen LogP contribution in [0.2, 0.25) is 0 Å². The van der Waals surface area contributed by atoms with Gasteiger partial charge in [0.2, 0.25) is 5.91 Å². The van der Waals surface area contributed by atoms with Crippen LogP contribution in [0.5, 0.6) is 0 Å². The number of rotatable bonds is 2. The average molecular weight is 208 g/mol. The molecule has 1 atom stereocenters. The number of nitrogens with zero attached hydrogens (tertiary/aromatic N) is 1. The predicted octanol–water partition coefficient (Wildman–Crippen LogP) is 0.880. The molecule has 1 saturated heterocycles. The van der Waals surface area contributed by atoms with Gasteiger partial charge >= 0.3 is 0 Å². The maximum absolute atomic E-state index is 11.8. The normalized spacial score (nSPS) is 22.0. The van der Waals surface area contributed by atoms with Gasteiger partial charge in [-0.05, 0) is 19.4 Å². The van der Waals surface area contributed by atoms with Crippen LogP contribution in [-0.2, 0) is 4.79 Å². The lowest BCUT2D eigenvalue weighted by molar-refractivity contribution is -0.118. The molecular weight excluding hydrogens is 192 g/mol. The van der Waals surface area contributed by atoms with Gasteiger partial charge < -0.3 is 10.6 Å². The SMILES string of the molecule is O=C(Nc1ccn[nH]1)C1CCCCCN1. The lowest BCUT2D eigenvalue weighted by atomic mass is 10.1. The van der Waals surface area contributed by atoms with Gasteiger partial charge in [0.15, 0.2) is 0 Å². The summed E-state index contributed by atoms with van der Waals surface area (Å²) in [6, 6.07) is 1.69. The van der Waals surface area contributed by atoms with Crippen LogP contribution in [0.4, 0.5) is 5.82 Å². The number of H-pyrrole nitrogens is 1. The lowest BCUT2D eigenvalue weighted by Crippen LogP contribution is -2.39. The summed E-state index contributed by atoms with van der Waals surface area (Å²) < 4.78 is 0. The maximum Gasteiger partial charge on any atom is 0.242 e. The highest BCUT2D eigenvalue weighted by molar-refractivity contribution is 5.93. The molecule has 0 saturated carbocycles. The molecule has 0 aromatic carbocycles. The summed E-state index contributed by atoms with van der Waals surface area (Å²) in [5, 5.41) is 12.5. The smallest absolute Gasteiger partial charge is 0.242 e. The lowest BCUT2D eigenvalue weighted by Gasteiger charge is -2.14. The highest BCUT2D eigenvalue weighted by Crippen LogP contribution is 2.10. The molecule has 1 aromatic rings. The van der Waals surface area contributed by atoms with E-state index in [0.717, 1.165) is 25.8 Å². The molecule has 1 unspecified atom stereocenters. The molecule has 1 fully saturated rings. The maximum atomic E-state index is 11.8. The summed E-state index contributed by atoms with van der Waals surface area (Å²) in [7, 11) is 0. The number of carbonyl (C=O) groups is 1. The molecule has 15 heavy (non-hydrogen) atoms. The van der Waals surface area contributed by atoms with Crippen LogP contribution < -0.4 is 10.6 Å². The molecule has 0 radical (unpaired) electrons. The van der Waals surface area contributed by atoms with E-state index in [-0.39, 0.29) is 11.9 Å². The second kappa shape index (κ2) is 4.93. The molecule has 3 N–H and O–H groups in total. The largest absolute Gasteiger partial charge is 0.310 e. The average Bonchev–Trinajstić information content (AvgIpc) is 2.58. The van der Waals surface area contributed by atoms with Gasteiger partial charge in [-0.2, -0.15) is 5.10 Å². The second-order valence-electron chi connectivity index (χ2n) is 3.82. The molecular formula is C10H16N4O. The Labute approximate surface area is 88.6 Å². The minimum absolute atomic E-state index is 0.0288. The zero-order valence-electron chi connectivity index (χ0n) is 8.62. The van der Waals surface area contributed by atoms with Crippen molar-refractivity contribution < 1.29 is 4.79 Å². The van der Waals surface area contributed by atoms with Crippen LogP contribution >= 0.6 is 0 Å². The van der Waals surface area contributed by atoms with Gasteiger partial charge in [-0.3, -0.25) is 9.89 Å². The Morgan fingerprint density at radius 3 is 3.20 bits per heavy atom. The number of carbonyl (C=O) groups excluding carboxylic acids is 1. The Balaban J connectivity index is 1.89. The monoisotopic (exact) mass is 208 g/mol. The molecule has 2 rings (SSSR count). The Hall–Kier alpha value is -1.36. The molecule has 1 amide bonds. The van der Waals surface area contributed by atoms with Crippen molar-refractivity contribution in [2.75, 3.05) is 11.9 Å². The Morgan fingerprint density at radius 2 is 2.40 bits per heavy atom. The van der Waals surface area contributed by atoms with E-state index < -0.39 is 0 Å². The van der Waals surface area contributed by atoms with Crippen LogP contribution in [0.15, 0.2) is 12.3 Å². The second-order valence-corrected chi connectivity index (χ2v) is 3.82. The number of nitrogens with one attached hydrogen (secondary N) is 3. The summed E-state index contributed by atoms with van der Waals surface area (Å²) >= 11 is 0. The molecule has 5 nitrogen and oxygen atoms in total. The fourth-order valence-electron chi connectivity index (χ4n) is 1.80. The van der Waals surface area contributed by atoms with E-state index in [2.05, 4.69) is 20.8 Å². The molecule has 2 heterocycles. The molecule has 0 spiro atoms. The van der Waals surface area contributed by atoms with Gasteiger partial charge in [0, 0.05) is 6.07 Å². The number of hydrogen-bond acceptors (Lipinski definition) is 3. The summed E-state index contributed by atoms with van der Waals surface area (Å²) in [5.41, 5.74) is 0. The molecule has 0 bridgehead atoms. The third kappa shape index (κ3) is 2.79. The van der Waals surface area contributed by atoms with Crippen molar-refractivity contribution in [2.45, 2.75) is 31.7 Å². The number of amides is 1. The topological polar surface area (TPSA) is 69.8 Å². The molecule has 1 aromatic heterocycles. The van der Waals surface area contributed by atoms with E-state index in [1.165, 1.54) is 6.42 Å². The van der Waals surface area contributed by atoms with E-state index in [0.29, 0.717) is 5.82 Å². The highest BCUT2D eigenvalue weighted by atomic mass is 16.2. The van der Waals surface area contributed by atoms with Crippen molar-refractivity contribution in [2.24, 2.45) is 0 Å². The van der Waals surface area contributed by atoms with Crippen molar-refractivity contribution in [1.82, 2.24) is 15.5 Å². The van der Waals surface area contributed by atoms with Crippen LogP contribution in [0.1, 0.15) is 25.7 Å². The zero-order chi connectivity index (χ0) is 10.5. The van der Waals surface area contributed by atoms with Crippen molar-refractivity contribution in [3.63, 3.8) is 0 Å². The van der Waals surface area contributed by atoms with Crippen molar-refractivity contribution in [1.29, 1.82) is 0 Å². The Kier molecular flexibility index (Phi) is 3.34. The standard InChI is InChI=1S/C10H16N4O/c15-10(13-9-5-7-12-14-9)8-4-2-1-3-6-11-8/h5,7-8,11H,1-4,6H2,(H2,12,13,14,15). The van der Waals surface area contributed by atoms with Crippen LogP contribution in [0.25, 0.3) is 0 Å². The van der Waals surface area contributed by atoms with E-state index in [4.69, 9.17) is 0 Å². The first-order valence-electron chi connectivity index (χ1n) is 5.40. The zero-order valence-corrected chi connectivity index (χ0v) is 8.62. The van der Waals surface area contributed by atoms with Gasteiger partial charge in [0.1, 0.15) is 5.82 Å². The summed E-state index contributed by atoms with van der Waals surface area (Å²) in [6.45, 7) is 0.932.